The van der Waals surface area contributed by atoms with E-state index in [-0.39, 0.29) is 18.4 Å². The molecule has 1 heterocycles. The molecule has 2 amide bonds. The highest BCUT2D eigenvalue weighted by Gasteiger charge is 2.02. The van der Waals surface area contributed by atoms with Crippen molar-refractivity contribution < 1.29 is 14.7 Å². The van der Waals surface area contributed by atoms with Crippen molar-refractivity contribution in [2.75, 3.05) is 11.9 Å². The quantitative estimate of drug-likeness (QED) is 0.605. The number of nitrogens with one attached hydrogen (secondary N) is 2. The maximum absolute atomic E-state index is 11.4. The van der Waals surface area contributed by atoms with Gasteiger partial charge in [-0.1, -0.05) is 12.8 Å². The molecule has 0 aromatic carbocycles. The molecule has 0 saturated carbocycles. The number of amides is 2. The van der Waals surface area contributed by atoms with Gasteiger partial charge in [-0.3, -0.25) is 10.1 Å². The third-order valence-electron chi connectivity index (χ3n) is 2.31. The molecule has 1 rings (SSSR count). The van der Waals surface area contributed by atoms with E-state index in [0.29, 0.717) is 13.0 Å². The van der Waals surface area contributed by atoms with Crippen LogP contribution in [0.15, 0.2) is 12.4 Å². The van der Waals surface area contributed by atoms with Crippen LogP contribution in [0, 0.1) is 0 Å². The zero-order chi connectivity index (χ0) is 13.9. The van der Waals surface area contributed by atoms with E-state index in [1.54, 1.807) is 0 Å². The molecule has 0 unspecified atom stereocenters. The lowest BCUT2D eigenvalue weighted by atomic mass is 10.1. The molecular weight excluding hydrogens is 250 g/mol. The summed E-state index contributed by atoms with van der Waals surface area (Å²) in [5.41, 5.74) is 0. The molecule has 8 nitrogen and oxygen atoms in total. The van der Waals surface area contributed by atoms with Gasteiger partial charge in [0.2, 0.25) is 0 Å². The van der Waals surface area contributed by atoms with Crippen LogP contribution in [-0.2, 0) is 4.79 Å². The fraction of sp³-hybridized carbons (Fsp3) is 0.545. The van der Waals surface area contributed by atoms with E-state index in [4.69, 9.17) is 5.11 Å². The number of carbonyl (C=O) groups excluding carboxylic acids is 1. The summed E-state index contributed by atoms with van der Waals surface area (Å²) in [5.74, 6) is -0.615. The van der Waals surface area contributed by atoms with Crippen LogP contribution >= 0.6 is 0 Å². The van der Waals surface area contributed by atoms with Gasteiger partial charge in [0, 0.05) is 13.0 Å². The minimum Gasteiger partial charge on any atom is -0.481 e. The Kier molecular flexibility index (Phi) is 6.85. The lowest BCUT2D eigenvalue weighted by Gasteiger charge is -2.05. The third kappa shape index (κ3) is 7.63. The molecule has 0 atom stereocenters. The molecule has 0 aliphatic rings. The van der Waals surface area contributed by atoms with Gasteiger partial charge in [-0.25, -0.2) is 9.78 Å². The van der Waals surface area contributed by atoms with E-state index in [1.165, 1.54) is 12.4 Å². The van der Waals surface area contributed by atoms with E-state index in [1.807, 2.05) is 0 Å². The van der Waals surface area contributed by atoms with Crippen molar-refractivity contribution in [3.05, 3.63) is 12.4 Å². The first-order chi connectivity index (χ1) is 9.18. The first-order valence-electron chi connectivity index (χ1n) is 6.09. The van der Waals surface area contributed by atoms with Crippen molar-refractivity contribution in [1.29, 1.82) is 0 Å². The molecule has 0 saturated heterocycles. The van der Waals surface area contributed by atoms with Gasteiger partial charge in [0.1, 0.15) is 0 Å². The predicted octanol–water partition coefficient (Wildman–Crippen LogP) is 1.03. The number of carboxylic acids is 1. The van der Waals surface area contributed by atoms with E-state index in [9.17, 15) is 9.59 Å². The number of carbonyl (C=O) groups is 2. The number of aromatic nitrogens is 3. The van der Waals surface area contributed by atoms with Crippen molar-refractivity contribution in [3.63, 3.8) is 0 Å². The number of unbranched alkanes of at least 4 members (excludes halogenated alkanes) is 3. The topological polar surface area (TPSA) is 117 Å². The number of carboxylic acid groups (broad SMARTS) is 1. The highest BCUT2D eigenvalue weighted by atomic mass is 16.4. The lowest BCUT2D eigenvalue weighted by Crippen LogP contribution is -2.30. The van der Waals surface area contributed by atoms with Gasteiger partial charge in [0.05, 0.1) is 12.4 Å². The number of aliphatic carboxylic acids is 1. The van der Waals surface area contributed by atoms with Crippen molar-refractivity contribution in [3.8, 4) is 0 Å². The monoisotopic (exact) mass is 267 g/mol. The molecular formula is C11H17N5O3. The van der Waals surface area contributed by atoms with Crippen LogP contribution < -0.4 is 10.6 Å². The number of nitrogens with zero attached hydrogens (tertiary/aromatic N) is 3. The standard InChI is InChI=1S/C11H17N5O3/c17-9(18)5-3-1-2-4-6-13-11(19)15-10-12-7-8-14-16-10/h7-8H,1-6H2,(H,17,18)(H2,12,13,15,16,19). The summed E-state index contributed by atoms with van der Waals surface area (Å²) in [5, 5.41) is 20.7. The van der Waals surface area contributed by atoms with Gasteiger partial charge in [-0.15, -0.1) is 5.10 Å². The molecule has 0 spiro atoms. The zero-order valence-corrected chi connectivity index (χ0v) is 10.5. The van der Waals surface area contributed by atoms with E-state index < -0.39 is 5.97 Å². The Morgan fingerprint density at radius 3 is 2.63 bits per heavy atom. The largest absolute Gasteiger partial charge is 0.481 e. The fourth-order valence-electron chi connectivity index (χ4n) is 1.41. The summed E-state index contributed by atoms with van der Waals surface area (Å²) >= 11 is 0. The molecule has 0 fully saturated rings. The minimum atomic E-state index is -0.769. The lowest BCUT2D eigenvalue weighted by molar-refractivity contribution is -0.137. The summed E-state index contributed by atoms with van der Waals surface area (Å²) in [6.45, 7) is 0.527. The Labute approximate surface area is 110 Å². The van der Waals surface area contributed by atoms with Crippen LogP contribution in [0.25, 0.3) is 0 Å². The maximum Gasteiger partial charge on any atom is 0.321 e. The molecule has 3 N–H and O–H groups in total. The molecule has 104 valence electrons. The predicted molar refractivity (Wildman–Crippen MR) is 67.6 cm³/mol. The van der Waals surface area contributed by atoms with Crippen molar-refractivity contribution in [2.45, 2.75) is 32.1 Å². The van der Waals surface area contributed by atoms with E-state index in [2.05, 4.69) is 25.8 Å². The van der Waals surface area contributed by atoms with Gasteiger partial charge in [-0.05, 0) is 12.8 Å². The third-order valence-corrected chi connectivity index (χ3v) is 2.31. The Morgan fingerprint density at radius 2 is 1.95 bits per heavy atom. The van der Waals surface area contributed by atoms with Crippen LogP contribution in [0.5, 0.6) is 0 Å². The zero-order valence-electron chi connectivity index (χ0n) is 10.5. The maximum atomic E-state index is 11.4. The Balaban J connectivity index is 2.00. The van der Waals surface area contributed by atoms with Crippen LogP contribution in [0.1, 0.15) is 32.1 Å². The number of hydrogen-bond donors (Lipinski definition) is 3. The second kappa shape index (κ2) is 8.78. The molecule has 1 aromatic rings. The second-order valence-electron chi connectivity index (χ2n) is 3.91. The minimum absolute atomic E-state index is 0.154. The van der Waals surface area contributed by atoms with E-state index >= 15 is 0 Å². The van der Waals surface area contributed by atoms with Crippen LogP contribution in [0.2, 0.25) is 0 Å². The average molecular weight is 267 g/mol. The molecule has 0 aliphatic heterocycles. The van der Waals surface area contributed by atoms with Crippen molar-refractivity contribution in [1.82, 2.24) is 20.5 Å². The molecule has 0 bridgehead atoms. The summed E-state index contributed by atoms with van der Waals surface area (Å²) < 4.78 is 0. The van der Waals surface area contributed by atoms with Crippen LogP contribution in [-0.4, -0.2) is 38.8 Å². The number of anilines is 1. The van der Waals surface area contributed by atoms with Crippen LogP contribution in [0.3, 0.4) is 0 Å². The molecule has 0 aliphatic carbocycles. The Bertz CT molecular complexity index is 399. The average Bonchev–Trinajstić information content (AvgIpc) is 2.38. The van der Waals surface area contributed by atoms with Crippen LogP contribution in [0.4, 0.5) is 10.7 Å². The SMILES string of the molecule is O=C(O)CCCCCCNC(=O)Nc1nccnn1. The highest BCUT2D eigenvalue weighted by molar-refractivity contribution is 5.87. The van der Waals surface area contributed by atoms with Gasteiger partial charge >= 0.3 is 12.0 Å². The van der Waals surface area contributed by atoms with Gasteiger partial charge in [0.25, 0.3) is 5.95 Å². The van der Waals surface area contributed by atoms with Gasteiger partial charge in [0.15, 0.2) is 0 Å². The first kappa shape index (κ1) is 14.8. The molecule has 8 heteroatoms. The number of urea groups is 1. The summed E-state index contributed by atoms with van der Waals surface area (Å²) in [4.78, 5) is 25.5. The van der Waals surface area contributed by atoms with Crippen molar-refractivity contribution >= 4 is 17.9 Å². The smallest absolute Gasteiger partial charge is 0.321 e. The summed E-state index contributed by atoms with van der Waals surface area (Å²) in [7, 11) is 0. The van der Waals surface area contributed by atoms with E-state index in [0.717, 1.165) is 19.3 Å². The summed E-state index contributed by atoms with van der Waals surface area (Å²) in [6, 6.07) is -0.376. The molecule has 1 aromatic heterocycles. The number of rotatable bonds is 8. The molecule has 0 radical (unpaired) electrons. The first-order valence-corrected chi connectivity index (χ1v) is 6.09. The van der Waals surface area contributed by atoms with Crippen molar-refractivity contribution in [2.24, 2.45) is 0 Å². The van der Waals surface area contributed by atoms with Gasteiger partial charge < -0.3 is 10.4 Å². The Morgan fingerprint density at radius 1 is 1.16 bits per heavy atom. The normalized spacial score (nSPS) is 9.89. The second-order valence-corrected chi connectivity index (χ2v) is 3.91. The number of hydrogen-bond acceptors (Lipinski definition) is 5. The fourth-order valence-corrected chi connectivity index (χ4v) is 1.41. The Hall–Kier alpha value is -2.25. The molecule has 19 heavy (non-hydrogen) atoms. The highest BCUT2D eigenvalue weighted by Crippen LogP contribution is 2.02. The summed E-state index contributed by atoms with van der Waals surface area (Å²) in [6.07, 6.45) is 6.27. The van der Waals surface area contributed by atoms with Gasteiger partial charge in [-0.2, -0.15) is 5.10 Å².